The number of carbonyl (C=O) groups excluding carboxylic acids is 1. The molecular formula is C11H14F3N3O. The molecule has 0 saturated carbocycles. The molecule has 7 heteroatoms. The Labute approximate surface area is 103 Å². The summed E-state index contributed by atoms with van der Waals surface area (Å²) < 4.78 is 38.3. The largest absolute Gasteiger partial charge is 0.418 e. The van der Waals surface area contributed by atoms with Crippen molar-refractivity contribution in [2.45, 2.75) is 6.18 Å². The van der Waals surface area contributed by atoms with Crippen molar-refractivity contribution in [1.82, 2.24) is 10.4 Å². The van der Waals surface area contributed by atoms with Crippen molar-refractivity contribution in [2.24, 2.45) is 0 Å². The number of rotatable bonds is 3. The fourth-order valence-electron chi connectivity index (χ4n) is 1.51. The molecule has 100 valence electrons. The predicted octanol–water partition coefficient (Wildman–Crippen LogP) is 1.95. The number of benzene rings is 1. The summed E-state index contributed by atoms with van der Waals surface area (Å²) in [7, 11) is 4.49. The third kappa shape index (κ3) is 3.13. The molecule has 0 saturated heterocycles. The second kappa shape index (κ2) is 5.26. The summed E-state index contributed by atoms with van der Waals surface area (Å²) in [5, 5.41) is 3.79. The van der Waals surface area contributed by atoms with Crippen LogP contribution < -0.4 is 10.7 Å². The maximum Gasteiger partial charge on any atom is 0.418 e. The summed E-state index contributed by atoms with van der Waals surface area (Å²) in [6.45, 7) is 0. The Kier molecular flexibility index (Phi) is 4.18. The lowest BCUT2D eigenvalue weighted by Gasteiger charge is -2.18. The molecule has 0 aliphatic heterocycles. The van der Waals surface area contributed by atoms with Crippen LogP contribution in [0.4, 0.5) is 18.9 Å². The zero-order valence-electron chi connectivity index (χ0n) is 10.2. The fourth-order valence-corrected chi connectivity index (χ4v) is 1.51. The highest BCUT2D eigenvalue weighted by Crippen LogP contribution is 2.36. The summed E-state index contributed by atoms with van der Waals surface area (Å²) in [5.41, 5.74) is 1.25. The van der Waals surface area contributed by atoms with Crippen LogP contribution in [0.3, 0.4) is 0 Å². The van der Waals surface area contributed by atoms with Crippen molar-refractivity contribution < 1.29 is 18.0 Å². The molecule has 1 amide bonds. The molecular weight excluding hydrogens is 247 g/mol. The first-order valence-corrected chi connectivity index (χ1v) is 5.13. The van der Waals surface area contributed by atoms with Crippen LogP contribution >= 0.6 is 0 Å². The van der Waals surface area contributed by atoms with Crippen LogP contribution in [-0.2, 0) is 6.18 Å². The average molecular weight is 261 g/mol. The van der Waals surface area contributed by atoms with E-state index in [-0.39, 0.29) is 11.3 Å². The lowest BCUT2D eigenvalue weighted by atomic mass is 10.1. The summed E-state index contributed by atoms with van der Waals surface area (Å²) >= 11 is 0. The normalized spacial score (nSPS) is 11.5. The van der Waals surface area contributed by atoms with E-state index in [1.54, 1.807) is 14.1 Å². The van der Waals surface area contributed by atoms with Gasteiger partial charge in [0.05, 0.1) is 16.8 Å². The summed E-state index contributed by atoms with van der Waals surface area (Å²) in [4.78, 5) is 11.8. The summed E-state index contributed by atoms with van der Waals surface area (Å²) in [6.07, 6.45) is -4.51. The Bertz CT molecular complexity index is 444. The number of hydrogen-bond donors (Lipinski definition) is 2. The first-order valence-electron chi connectivity index (χ1n) is 5.13. The smallest absolute Gasteiger partial charge is 0.387 e. The molecule has 0 radical (unpaired) electrons. The van der Waals surface area contributed by atoms with Crippen molar-refractivity contribution in [3.8, 4) is 0 Å². The molecule has 0 spiro atoms. The van der Waals surface area contributed by atoms with Crippen LogP contribution in [0.5, 0.6) is 0 Å². The Morgan fingerprint density at radius 1 is 1.28 bits per heavy atom. The number of amides is 1. The second-order valence-electron chi connectivity index (χ2n) is 3.81. The highest BCUT2D eigenvalue weighted by Gasteiger charge is 2.34. The number of para-hydroxylation sites is 1. The van der Waals surface area contributed by atoms with Crippen molar-refractivity contribution in [3.05, 3.63) is 29.3 Å². The Morgan fingerprint density at radius 2 is 1.89 bits per heavy atom. The van der Waals surface area contributed by atoms with Gasteiger partial charge >= 0.3 is 6.18 Å². The third-order valence-electron chi connectivity index (χ3n) is 2.19. The number of halogens is 3. The number of hydrogen-bond acceptors (Lipinski definition) is 3. The Hall–Kier alpha value is -1.76. The van der Waals surface area contributed by atoms with Crippen molar-refractivity contribution >= 4 is 11.6 Å². The van der Waals surface area contributed by atoms with E-state index >= 15 is 0 Å². The molecule has 0 aliphatic carbocycles. The molecule has 1 aromatic carbocycles. The van der Waals surface area contributed by atoms with Crippen molar-refractivity contribution in [3.63, 3.8) is 0 Å². The molecule has 18 heavy (non-hydrogen) atoms. The van der Waals surface area contributed by atoms with Crippen LogP contribution in [0.15, 0.2) is 18.2 Å². The topological polar surface area (TPSA) is 44.4 Å². The number of nitrogens with one attached hydrogen (secondary N) is 2. The maximum absolute atomic E-state index is 12.8. The Morgan fingerprint density at radius 3 is 2.33 bits per heavy atom. The van der Waals surface area contributed by atoms with Gasteiger partial charge in [0.15, 0.2) is 0 Å². The van der Waals surface area contributed by atoms with E-state index < -0.39 is 17.6 Å². The van der Waals surface area contributed by atoms with Crippen molar-refractivity contribution in [1.29, 1.82) is 0 Å². The van der Waals surface area contributed by atoms with Gasteiger partial charge in [0, 0.05) is 21.1 Å². The van der Waals surface area contributed by atoms with E-state index in [0.29, 0.717) is 0 Å². The van der Waals surface area contributed by atoms with E-state index in [1.165, 1.54) is 24.2 Å². The van der Waals surface area contributed by atoms with Crippen LogP contribution in [0, 0.1) is 0 Å². The molecule has 2 N–H and O–H groups in total. The zero-order chi connectivity index (χ0) is 13.9. The number of hydrazine groups is 1. The van der Waals surface area contributed by atoms with Gasteiger partial charge in [0.1, 0.15) is 0 Å². The Balaban J connectivity index is 3.25. The third-order valence-corrected chi connectivity index (χ3v) is 2.19. The average Bonchev–Trinajstić information content (AvgIpc) is 2.25. The van der Waals surface area contributed by atoms with Gasteiger partial charge in [-0.2, -0.15) is 13.2 Å². The quantitative estimate of drug-likeness (QED) is 0.817. The van der Waals surface area contributed by atoms with Crippen LogP contribution in [0.1, 0.15) is 15.9 Å². The van der Waals surface area contributed by atoms with E-state index in [2.05, 4.69) is 10.7 Å². The fraction of sp³-hybridized carbons (Fsp3) is 0.364. The minimum atomic E-state index is -4.51. The minimum Gasteiger partial charge on any atom is -0.387 e. The van der Waals surface area contributed by atoms with E-state index in [0.717, 1.165) is 6.07 Å². The van der Waals surface area contributed by atoms with Crippen LogP contribution in [-0.4, -0.2) is 32.1 Å². The molecule has 4 nitrogen and oxygen atoms in total. The second-order valence-corrected chi connectivity index (χ2v) is 3.81. The van der Waals surface area contributed by atoms with Gasteiger partial charge < -0.3 is 5.32 Å². The zero-order valence-corrected chi connectivity index (χ0v) is 10.2. The van der Waals surface area contributed by atoms with Gasteiger partial charge in [0.25, 0.3) is 5.91 Å². The molecule has 0 fully saturated rings. The number of nitrogens with zero attached hydrogens (tertiary/aromatic N) is 1. The van der Waals surface area contributed by atoms with E-state index in [9.17, 15) is 18.0 Å². The molecule has 1 rings (SSSR count). The number of alkyl halides is 3. The van der Waals surface area contributed by atoms with Crippen molar-refractivity contribution in [2.75, 3.05) is 26.5 Å². The van der Waals surface area contributed by atoms with Gasteiger partial charge in [-0.25, -0.2) is 5.01 Å². The SMILES string of the molecule is CNc1c(C(=O)NN(C)C)cccc1C(F)(F)F. The summed E-state index contributed by atoms with van der Waals surface area (Å²) in [6, 6.07) is 3.46. The predicted molar refractivity (Wildman–Crippen MR) is 62.1 cm³/mol. The summed E-state index contributed by atoms with van der Waals surface area (Å²) in [5.74, 6) is -0.601. The van der Waals surface area contributed by atoms with E-state index in [4.69, 9.17) is 0 Å². The number of anilines is 1. The molecule has 0 unspecified atom stereocenters. The molecule has 0 aliphatic rings. The van der Waals surface area contributed by atoms with Gasteiger partial charge in [-0.05, 0) is 12.1 Å². The molecule has 0 atom stereocenters. The standard InChI is InChI=1S/C11H14F3N3O/c1-15-9-7(10(18)16-17(2)3)5-4-6-8(9)11(12,13)14/h4-6,15H,1-3H3,(H,16,18). The lowest BCUT2D eigenvalue weighted by Crippen LogP contribution is -2.36. The monoisotopic (exact) mass is 261 g/mol. The van der Waals surface area contributed by atoms with Gasteiger partial charge in [-0.15, -0.1) is 0 Å². The molecule has 0 bridgehead atoms. The van der Waals surface area contributed by atoms with Gasteiger partial charge in [-0.1, -0.05) is 6.07 Å². The lowest BCUT2D eigenvalue weighted by molar-refractivity contribution is -0.136. The maximum atomic E-state index is 12.8. The minimum absolute atomic E-state index is 0.0546. The van der Waals surface area contributed by atoms with Gasteiger partial charge in [-0.3, -0.25) is 10.2 Å². The first kappa shape index (κ1) is 14.3. The van der Waals surface area contributed by atoms with Crippen LogP contribution in [0.25, 0.3) is 0 Å². The first-order chi connectivity index (χ1) is 8.27. The number of carbonyl (C=O) groups is 1. The highest BCUT2D eigenvalue weighted by molar-refractivity contribution is 6.00. The molecule has 0 aromatic heterocycles. The van der Waals surface area contributed by atoms with E-state index in [1.807, 2.05) is 0 Å². The molecule has 0 heterocycles. The highest BCUT2D eigenvalue weighted by atomic mass is 19.4. The molecule has 1 aromatic rings. The van der Waals surface area contributed by atoms with Gasteiger partial charge in [0.2, 0.25) is 0 Å². The van der Waals surface area contributed by atoms with Crippen LogP contribution in [0.2, 0.25) is 0 Å².